The van der Waals surface area contributed by atoms with Crippen molar-refractivity contribution in [2.75, 3.05) is 41.4 Å². The lowest BCUT2D eigenvalue weighted by molar-refractivity contribution is -0.944. The van der Waals surface area contributed by atoms with Crippen molar-refractivity contribution in [1.82, 2.24) is 0 Å². The van der Waals surface area contributed by atoms with Gasteiger partial charge in [-0.05, 0) is 111 Å². The van der Waals surface area contributed by atoms with Gasteiger partial charge in [0.2, 0.25) is 0 Å². The van der Waals surface area contributed by atoms with Gasteiger partial charge >= 0.3 is 0 Å². The van der Waals surface area contributed by atoms with Gasteiger partial charge in [0.05, 0.1) is 28.3 Å². The van der Waals surface area contributed by atoms with Gasteiger partial charge < -0.3 is 27.9 Å². The molecule has 6 aromatic carbocycles. The molecule has 1 heterocycles. The molecule has 0 radical (unpaired) electrons. The molecule has 8 heteroatoms. The summed E-state index contributed by atoms with van der Waals surface area (Å²) in [5, 5.41) is 0. The first kappa shape index (κ1) is 45.6. The highest BCUT2D eigenvalue weighted by atomic mass is 19.1. The molecule has 0 N–H and O–H groups in total. The zero-order chi connectivity index (χ0) is 44.5. The number of likely N-dealkylation sites (N-methyl/N-ethyl adjacent to an activating group) is 2. The Hall–Kier alpha value is -5.38. The molecule has 1 fully saturated rings. The third-order valence-electron chi connectivity index (χ3n) is 12.6. The van der Waals surface area contributed by atoms with Crippen LogP contribution in [0.1, 0.15) is 57.3 Å². The Morgan fingerprint density at radius 3 is 1.03 bits per heavy atom. The van der Waals surface area contributed by atoms with Gasteiger partial charge in [0.15, 0.2) is 5.79 Å². The first-order valence-electron chi connectivity index (χ1n) is 22.2. The molecular formula is C55H64F2N2O4+2. The Kier molecular flexibility index (Phi) is 14.8. The van der Waals surface area contributed by atoms with Gasteiger partial charge in [-0.2, -0.15) is 0 Å². The molecule has 4 atom stereocenters. The molecule has 0 aliphatic carbocycles. The minimum atomic E-state index is -0.957. The van der Waals surface area contributed by atoms with Gasteiger partial charge in [0.1, 0.15) is 74.6 Å². The summed E-state index contributed by atoms with van der Waals surface area (Å²) in [4.78, 5) is 0. The summed E-state index contributed by atoms with van der Waals surface area (Å²) in [5.41, 5.74) is 9.41. The lowest BCUT2D eigenvalue weighted by atomic mass is 9.98. The number of halogens is 2. The molecule has 330 valence electrons. The summed E-state index contributed by atoms with van der Waals surface area (Å²) >= 11 is 0. The van der Waals surface area contributed by atoms with E-state index in [2.05, 4.69) is 101 Å². The Balaban J connectivity index is 1.29. The zero-order valence-corrected chi connectivity index (χ0v) is 37.9. The van der Waals surface area contributed by atoms with E-state index in [1.54, 1.807) is 14.2 Å². The summed E-state index contributed by atoms with van der Waals surface area (Å²) in [7, 11) is 8.06. The lowest BCUT2D eigenvalue weighted by Crippen LogP contribution is -2.54. The predicted molar refractivity (Wildman–Crippen MR) is 247 cm³/mol. The van der Waals surface area contributed by atoms with Crippen LogP contribution in [0, 0.1) is 25.5 Å². The molecular weight excluding hydrogens is 791 g/mol. The largest absolute Gasteiger partial charge is 0.497 e. The fourth-order valence-electron chi connectivity index (χ4n) is 9.22. The van der Waals surface area contributed by atoms with E-state index in [0.717, 1.165) is 48.8 Å². The van der Waals surface area contributed by atoms with Gasteiger partial charge in [0, 0.05) is 35.1 Å². The number of methoxy groups -OCH3 is 2. The smallest absolute Gasteiger partial charge is 0.170 e. The first-order valence-corrected chi connectivity index (χ1v) is 22.2. The maximum absolute atomic E-state index is 14.1. The van der Waals surface area contributed by atoms with Crippen LogP contribution >= 0.6 is 0 Å². The summed E-state index contributed by atoms with van der Waals surface area (Å²) < 4.78 is 55.7. The van der Waals surface area contributed by atoms with E-state index in [4.69, 9.17) is 18.9 Å². The van der Waals surface area contributed by atoms with Crippen LogP contribution in [-0.4, -0.2) is 68.4 Å². The van der Waals surface area contributed by atoms with E-state index < -0.39 is 5.79 Å². The molecule has 0 amide bonds. The highest BCUT2D eigenvalue weighted by Gasteiger charge is 2.52. The zero-order valence-electron chi connectivity index (χ0n) is 37.9. The van der Waals surface area contributed by atoms with Crippen LogP contribution in [0.4, 0.5) is 8.78 Å². The first-order chi connectivity index (χ1) is 30.3. The molecule has 6 nitrogen and oxygen atoms in total. The summed E-state index contributed by atoms with van der Waals surface area (Å²) in [6.45, 7) is 8.74. The fourth-order valence-corrected chi connectivity index (χ4v) is 9.22. The van der Waals surface area contributed by atoms with E-state index in [9.17, 15) is 8.78 Å². The third kappa shape index (κ3) is 12.9. The van der Waals surface area contributed by atoms with Gasteiger partial charge in [0.25, 0.3) is 0 Å². The molecule has 0 saturated carbocycles. The van der Waals surface area contributed by atoms with Crippen LogP contribution < -0.4 is 9.47 Å². The van der Waals surface area contributed by atoms with Crippen molar-refractivity contribution in [1.29, 1.82) is 0 Å². The van der Waals surface area contributed by atoms with E-state index in [0.29, 0.717) is 47.7 Å². The monoisotopic (exact) mass is 854 g/mol. The van der Waals surface area contributed by atoms with Crippen molar-refractivity contribution in [3.05, 3.63) is 202 Å². The van der Waals surface area contributed by atoms with Gasteiger partial charge in [-0.1, -0.05) is 83.9 Å². The second kappa shape index (κ2) is 20.4. The molecule has 1 aliphatic heterocycles. The number of quaternary nitrogens is 2. The third-order valence-corrected chi connectivity index (χ3v) is 12.6. The molecule has 0 aromatic heterocycles. The second-order valence-corrected chi connectivity index (χ2v) is 18.4. The van der Waals surface area contributed by atoms with Crippen molar-refractivity contribution in [2.24, 2.45) is 0 Å². The number of hydrogen-bond donors (Lipinski definition) is 0. The van der Waals surface area contributed by atoms with Crippen LogP contribution in [0.3, 0.4) is 0 Å². The number of ether oxygens (including phenoxy) is 4. The Bertz CT molecular complexity index is 2170. The average Bonchev–Trinajstić information content (AvgIpc) is 3.60. The highest BCUT2D eigenvalue weighted by Crippen LogP contribution is 2.40. The van der Waals surface area contributed by atoms with E-state index in [1.165, 1.54) is 57.6 Å². The topological polar surface area (TPSA) is 36.9 Å². The van der Waals surface area contributed by atoms with E-state index in [1.807, 2.05) is 48.5 Å². The van der Waals surface area contributed by atoms with Crippen LogP contribution in [0.5, 0.6) is 11.5 Å². The molecule has 7 rings (SSSR count). The van der Waals surface area contributed by atoms with E-state index in [-0.39, 0.29) is 23.8 Å². The predicted octanol–water partition coefficient (Wildman–Crippen LogP) is 11.3. The Morgan fingerprint density at radius 2 is 0.730 bits per heavy atom. The number of rotatable bonds is 20. The van der Waals surface area contributed by atoms with E-state index >= 15 is 0 Å². The summed E-state index contributed by atoms with van der Waals surface area (Å²) in [6.07, 6.45) is 1.87. The lowest BCUT2D eigenvalue weighted by Gasteiger charge is -2.40. The van der Waals surface area contributed by atoms with Crippen molar-refractivity contribution in [2.45, 2.75) is 83.7 Å². The van der Waals surface area contributed by atoms with Gasteiger partial charge in [-0.3, -0.25) is 0 Å². The Labute approximate surface area is 373 Å². The summed E-state index contributed by atoms with van der Waals surface area (Å²) in [5.74, 6) is 0.177. The van der Waals surface area contributed by atoms with Crippen LogP contribution in [0.25, 0.3) is 0 Å². The fraction of sp³-hybridized carbons (Fsp3) is 0.345. The van der Waals surface area contributed by atoms with Crippen molar-refractivity contribution < 1.29 is 36.7 Å². The maximum atomic E-state index is 14.1. The molecule has 2 unspecified atom stereocenters. The number of hydrogen-bond acceptors (Lipinski definition) is 4. The van der Waals surface area contributed by atoms with Gasteiger partial charge in [-0.15, -0.1) is 0 Å². The molecule has 0 bridgehead atoms. The molecule has 1 aliphatic rings. The van der Waals surface area contributed by atoms with Gasteiger partial charge in [-0.25, -0.2) is 8.78 Å². The quantitative estimate of drug-likeness (QED) is 0.0717. The standard InChI is InChI=1S/C55H64F2N2O4/c1-41-7-11-45(12-8-41)35-58(3,37-47-19-27-51(60-5)28-20-47)39-53-54(40-59(4,36-46-13-9-42(2)10-14-46)38-48-21-29-52(61-6)30-22-48)63-55(62-53,33-31-43-15-23-49(56)24-16-43)34-32-44-17-25-50(57)26-18-44/h7-30,53-54H,31-40H2,1-6H3/q+2/t53-,54-,58?,59?/m0/s1. The average molecular weight is 855 g/mol. The van der Waals surface area contributed by atoms with Crippen molar-refractivity contribution in [3.63, 3.8) is 0 Å². The summed E-state index contributed by atoms with van der Waals surface area (Å²) in [6, 6.07) is 48.0. The van der Waals surface area contributed by atoms with Crippen LogP contribution in [0.2, 0.25) is 0 Å². The Morgan fingerprint density at radius 1 is 0.444 bits per heavy atom. The van der Waals surface area contributed by atoms with Crippen molar-refractivity contribution >= 4 is 0 Å². The molecule has 1 saturated heterocycles. The normalized spacial score (nSPS) is 17.8. The minimum absolute atomic E-state index is 0.261. The van der Waals surface area contributed by atoms with Crippen LogP contribution in [0.15, 0.2) is 146 Å². The highest BCUT2D eigenvalue weighted by molar-refractivity contribution is 5.28. The molecule has 63 heavy (non-hydrogen) atoms. The molecule has 0 spiro atoms. The second-order valence-electron chi connectivity index (χ2n) is 18.4. The maximum Gasteiger partial charge on any atom is 0.170 e. The van der Waals surface area contributed by atoms with Crippen molar-refractivity contribution in [3.8, 4) is 11.5 Å². The number of benzene rings is 6. The minimum Gasteiger partial charge on any atom is -0.497 e. The number of aryl methyl sites for hydroxylation is 4. The van der Waals surface area contributed by atoms with Crippen LogP contribution in [-0.2, 0) is 48.5 Å². The molecule has 6 aromatic rings. The number of nitrogens with zero attached hydrogens (tertiary/aromatic N) is 2. The SMILES string of the molecule is COc1ccc(C[N+](C)(Cc2ccc(C)cc2)C[C@@H]2OC(CCc3ccc(F)cc3)(CCc3ccc(F)cc3)O[C@H]2C[N+](C)(Cc2ccc(C)cc2)Cc2ccc(OC)cc2)cc1.